The van der Waals surface area contributed by atoms with Gasteiger partial charge in [-0.05, 0) is 48.9 Å². The number of sulfone groups is 1. The Morgan fingerprint density at radius 1 is 1.26 bits per heavy atom. The van der Waals surface area contributed by atoms with E-state index >= 15 is 0 Å². The quantitative estimate of drug-likeness (QED) is 0.289. The maximum Gasteiger partial charge on any atom is 0.360 e. The highest BCUT2D eigenvalue weighted by Crippen LogP contribution is 2.44. The SMILES string of the molecule is COC(=O)c1coc(-c2ccc(N(c3sc4ccc(F)cc4c3C)S(=O)O)c(S(C)(=O)=O)c2)n1. The molecule has 0 bridgehead atoms. The molecule has 2 aromatic heterocycles. The number of carbonyl (C=O) groups is 1. The molecule has 0 aliphatic carbocycles. The number of hydrogen-bond acceptors (Lipinski definition) is 8. The summed E-state index contributed by atoms with van der Waals surface area (Å²) in [6.45, 7) is 1.66. The minimum Gasteiger partial charge on any atom is -0.464 e. The van der Waals surface area contributed by atoms with Crippen LogP contribution in [0.4, 0.5) is 15.1 Å². The van der Waals surface area contributed by atoms with Gasteiger partial charge in [0.25, 0.3) is 11.3 Å². The van der Waals surface area contributed by atoms with Crippen molar-refractivity contribution < 1.29 is 35.5 Å². The highest BCUT2D eigenvalue weighted by Gasteiger charge is 2.28. The second-order valence-corrected chi connectivity index (χ2v) is 11.0. The van der Waals surface area contributed by atoms with Crippen LogP contribution in [0.1, 0.15) is 16.1 Å². The molecule has 0 fully saturated rings. The number of halogens is 1. The van der Waals surface area contributed by atoms with E-state index in [0.29, 0.717) is 15.6 Å². The maximum absolute atomic E-state index is 13.8. The normalized spacial score (nSPS) is 12.6. The summed E-state index contributed by atoms with van der Waals surface area (Å²) in [6, 6.07) is 8.15. The van der Waals surface area contributed by atoms with Gasteiger partial charge in [0.15, 0.2) is 15.5 Å². The van der Waals surface area contributed by atoms with Crippen LogP contribution in [-0.2, 0) is 25.8 Å². The Labute approximate surface area is 200 Å². The standard InChI is InChI=1S/C21H17FN2O7S3/c1-11-14-9-13(22)5-7-17(14)32-20(11)24(33(26)27)16-6-4-12(8-18(16)34(3,28)29)19-23-15(10-31-19)21(25)30-2/h4-10H,1-3H3,(H,26,27). The van der Waals surface area contributed by atoms with Crippen LogP contribution < -0.4 is 4.31 Å². The van der Waals surface area contributed by atoms with E-state index in [1.54, 1.807) is 13.0 Å². The fourth-order valence-electron chi connectivity index (χ4n) is 3.35. The van der Waals surface area contributed by atoms with Gasteiger partial charge >= 0.3 is 5.97 Å². The van der Waals surface area contributed by atoms with Gasteiger partial charge in [0, 0.05) is 21.9 Å². The highest BCUT2D eigenvalue weighted by atomic mass is 32.2. The first-order chi connectivity index (χ1) is 16.0. The van der Waals surface area contributed by atoms with Crippen molar-refractivity contribution in [3.05, 3.63) is 59.7 Å². The zero-order valence-electron chi connectivity index (χ0n) is 17.9. The summed E-state index contributed by atoms with van der Waals surface area (Å²) in [5.41, 5.74) is 0.564. The molecule has 9 nitrogen and oxygen atoms in total. The average Bonchev–Trinajstić information content (AvgIpc) is 3.39. The second-order valence-electron chi connectivity index (χ2n) is 7.18. The van der Waals surface area contributed by atoms with Gasteiger partial charge in [0.1, 0.15) is 17.1 Å². The predicted octanol–water partition coefficient (Wildman–Crippen LogP) is 4.47. The van der Waals surface area contributed by atoms with Crippen molar-refractivity contribution in [1.82, 2.24) is 4.98 Å². The van der Waals surface area contributed by atoms with Crippen molar-refractivity contribution in [1.29, 1.82) is 0 Å². The van der Waals surface area contributed by atoms with Crippen molar-refractivity contribution in [2.75, 3.05) is 17.7 Å². The largest absolute Gasteiger partial charge is 0.464 e. The van der Waals surface area contributed by atoms with Crippen molar-refractivity contribution in [3.8, 4) is 11.5 Å². The number of methoxy groups -OCH3 is 1. The number of carbonyl (C=O) groups excluding carboxylic acids is 1. The number of nitrogens with zero attached hydrogens (tertiary/aromatic N) is 2. The Morgan fingerprint density at radius 3 is 2.65 bits per heavy atom. The zero-order valence-corrected chi connectivity index (χ0v) is 20.4. The number of rotatable bonds is 6. The number of benzene rings is 2. The Morgan fingerprint density at radius 2 is 2.00 bits per heavy atom. The molecule has 4 rings (SSSR count). The van der Waals surface area contributed by atoms with Crippen molar-refractivity contribution in [2.24, 2.45) is 0 Å². The number of hydrogen-bond donors (Lipinski definition) is 1. The molecule has 0 amide bonds. The number of aryl methyl sites for hydroxylation is 1. The van der Waals surface area contributed by atoms with E-state index < -0.39 is 32.9 Å². The number of ether oxygens (including phenoxy) is 1. The maximum atomic E-state index is 13.8. The molecule has 0 radical (unpaired) electrons. The van der Waals surface area contributed by atoms with Gasteiger partial charge in [-0.25, -0.2) is 31.1 Å². The Kier molecular flexibility index (Phi) is 6.29. The molecule has 0 aliphatic rings. The molecule has 0 spiro atoms. The van der Waals surface area contributed by atoms with Crippen LogP contribution in [-0.4, -0.2) is 41.5 Å². The van der Waals surface area contributed by atoms with Gasteiger partial charge in [-0.15, -0.1) is 11.3 Å². The molecular weight excluding hydrogens is 507 g/mol. The third-order valence-corrected chi connectivity index (χ3v) is 8.13. The van der Waals surface area contributed by atoms with Crippen LogP contribution in [0.5, 0.6) is 0 Å². The molecule has 1 N–H and O–H groups in total. The fourth-order valence-corrected chi connectivity index (χ4v) is 6.31. The molecule has 1 unspecified atom stereocenters. The van der Waals surface area contributed by atoms with Crippen molar-refractivity contribution in [2.45, 2.75) is 11.8 Å². The molecule has 34 heavy (non-hydrogen) atoms. The predicted molar refractivity (Wildman–Crippen MR) is 126 cm³/mol. The van der Waals surface area contributed by atoms with E-state index in [1.165, 1.54) is 37.4 Å². The average molecular weight is 525 g/mol. The minimum absolute atomic E-state index is 0.0398. The van der Waals surface area contributed by atoms with Gasteiger partial charge in [-0.3, -0.25) is 4.55 Å². The van der Waals surface area contributed by atoms with E-state index in [4.69, 9.17) is 4.42 Å². The summed E-state index contributed by atoms with van der Waals surface area (Å²) in [4.78, 5) is 15.4. The molecule has 2 aromatic carbocycles. The number of esters is 1. The van der Waals surface area contributed by atoms with E-state index in [-0.39, 0.29) is 32.7 Å². The third kappa shape index (κ3) is 4.34. The zero-order chi connectivity index (χ0) is 24.8. The van der Waals surface area contributed by atoms with Crippen LogP contribution in [0.2, 0.25) is 0 Å². The molecule has 0 saturated carbocycles. The smallest absolute Gasteiger partial charge is 0.360 e. The Balaban J connectivity index is 1.90. The number of aromatic nitrogens is 1. The van der Waals surface area contributed by atoms with Crippen LogP contribution in [0, 0.1) is 12.7 Å². The molecule has 2 heterocycles. The van der Waals surface area contributed by atoms with Crippen LogP contribution in [0.15, 0.2) is 52.0 Å². The van der Waals surface area contributed by atoms with Crippen LogP contribution in [0.25, 0.3) is 21.5 Å². The summed E-state index contributed by atoms with van der Waals surface area (Å²) in [5.74, 6) is -1.23. The fraction of sp³-hybridized carbons (Fsp3) is 0.143. The van der Waals surface area contributed by atoms with Gasteiger partial charge in [-0.2, -0.15) is 0 Å². The van der Waals surface area contributed by atoms with Gasteiger partial charge in [-0.1, -0.05) is 0 Å². The molecule has 0 aliphatic heterocycles. The molecule has 178 valence electrons. The van der Waals surface area contributed by atoms with E-state index in [1.807, 2.05) is 0 Å². The Bertz CT molecular complexity index is 1560. The number of anilines is 2. The van der Waals surface area contributed by atoms with Crippen LogP contribution >= 0.6 is 11.3 Å². The summed E-state index contributed by atoms with van der Waals surface area (Å²) in [5, 5.41) is 0.825. The summed E-state index contributed by atoms with van der Waals surface area (Å²) >= 11 is -1.54. The van der Waals surface area contributed by atoms with Crippen molar-refractivity contribution in [3.63, 3.8) is 0 Å². The highest BCUT2D eigenvalue weighted by molar-refractivity contribution is 7.91. The first kappa shape index (κ1) is 24.0. The number of thiophene rings is 1. The molecular formula is C21H17FN2O7S3. The lowest BCUT2D eigenvalue weighted by molar-refractivity contribution is 0.0594. The monoisotopic (exact) mass is 524 g/mol. The van der Waals surface area contributed by atoms with E-state index in [2.05, 4.69) is 9.72 Å². The van der Waals surface area contributed by atoms with Crippen molar-refractivity contribution >= 4 is 59.2 Å². The summed E-state index contributed by atoms with van der Waals surface area (Å²) in [6.07, 6.45) is 2.03. The third-order valence-electron chi connectivity index (χ3n) is 4.94. The Hall–Kier alpha value is -3.13. The molecule has 4 aromatic rings. The van der Waals surface area contributed by atoms with Gasteiger partial charge in [0.2, 0.25) is 5.89 Å². The molecule has 13 heteroatoms. The number of oxazole rings is 1. The number of fused-ring (bicyclic) bond motifs is 1. The van der Waals surface area contributed by atoms with E-state index in [9.17, 15) is 26.4 Å². The van der Waals surface area contributed by atoms with Gasteiger partial charge in [0.05, 0.1) is 17.7 Å². The lowest BCUT2D eigenvalue weighted by Crippen LogP contribution is -2.21. The molecule has 0 saturated heterocycles. The first-order valence-electron chi connectivity index (χ1n) is 9.49. The minimum atomic E-state index is -3.92. The van der Waals surface area contributed by atoms with Crippen LogP contribution in [0.3, 0.4) is 0 Å². The lowest BCUT2D eigenvalue weighted by atomic mass is 10.1. The summed E-state index contributed by atoms with van der Waals surface area (Å²) < 4.78 is 73.2. The van der Waals surface area contributed by atoms with Gasteiger partial charge < -0.3 is 9.15 Å². The second kappa shape index (κ2) is 8.91. The lowest BCUT2D eigenvalue weighted by Gasteiger charge is -2.22. The topological polar surface area (TPSA) is 127 Å². The first-order valence-corrected chi connectivity index (χ1v) is 13.3. The summed E-state index contributed by atoms with van der Waals surface area (Å²) in [7, 11) is -2.74. The van der Waals surface area contributed by atoms with E-state index in [0.717, 1.165) is 28.2 Å². The molecule has 1 atom stereocenters.